The van der Waals surface area contributed by atoms with E-state index in [0.717, 1.165) is 49.8 Å². The largest absolute Gasteiger partial charge is 0.484 e. The number of halogens is 2. The standard InChI is InChI=1S/C23H26Cl2N2O3S/c1-31(28,29)18-6-4-17(5-7-18)30-23-20-12-15(24)13-21(25)19(20)14-22(23)27-10-8-26(9-11-27)16-2-3-16/h4-7,12-13,16,22-23H,2-3,8-11,14H2,1H3/t22-,23-/m0/s1. The molecule has 31 heavy (non-hydrogen) atoms. The zero-order valence-electron chi connectivity index (χ0n) is 17.4. The van der Waals surface area contributed by atoms with Gasteiger partial charge in [0.05, 0.1) is 10.9 Å². The van der Waals surface area contributed by atoms with Gasteiger partial charge < -0.3 is 4.74 Å². The minimum atomic E-state index is -3.25. The minimum absolute atomic E-state index is 0.168. The lowest BCUT2D eigenvalue weighted by Gasteiger charge is -2.40. The van der Waals surface area contributed by atoms with Crippen LogP contribution in [0, 0.1) is 0 Å². The molecule has 0 bridgehead atoms. The van der Waals surface area contributed by atoms with Crippen molar-refractivity contribution in [2.45, 2.75) is 42.3 Å². The predicted molar refractivity (Wildman–Crippen MR) is 123 cm³/mol. The maximum Gasteiger partial charge on any atom is 0.175 e. The Morgan fingerprint density at radius 2 is 1.61 bits per heavy atom. The number of nitrogens with zero attached hydrogens (tertiary/aromatic N) is 2. The summed E-state index contributed by atoms with van der Waals surface area (Å²) in [5.74, 6) is 0.642. The highest BCUT2D eigenvalue weighted by atomic mass is 35.5. The zero-order valence-corrected chi connectivity index (χ0v) is 19.8. The highest BCUT2D eigenvalue weighted by molar-refractivity contribution is 7.90. The first-order valence-corrected chi connectivity index (χ1v) is 13.4. The van der Waals surface area contributed by atoms with Crippen molar-refractivity contribution in [3.8, 4) is 5.75 Å². The minimum Gasteiger partial charge on any atom is -0.484 e. The van der Waals surface area contributed by atoms with Gasteiger partial charge in [-0.2, -0.15) is 0 Å². The third-order valence-corrected chi connectivity index (χ3v) is 8.34. The lowest BCUT2D eigenvalue weighted by atomic mass is 10.1. The molecule has 0 N–H and O–H groups in total. The summed E-state index contributed by atoms with van der Waals surface area (Å²) in [5, 5.41) is 1.28. The molecule has 3 aliphatic rings. The second-order valence-corrected chi connectivity index (χ2v) is 11.7. The summed E-state index contributed by atoms with van der Waals surface area (Å²) in [6, 6.07) is 11.3. The molecule has 2 aromatic carbocycles. The predicted octanol–water partition coefficient (Wildman–Crippen LogP) is 4.22. The van der Waals surface area contributed by atoms with Gasteiger partial charge in [-0.15, -0.1) is 0 Å². The molecule has 1 saturated heterocycles. The van der Waals surface area contributed by atoms with Crippen molar-refractivity contribution in [2.24, 2.45) is 0 Å². The van der Waals surface area contributed by atoms with Gasteiger partial charge in [-0.1, -0.05) is 23.2 Å². The van der Waals surface area contributed by atoms with Gasteiger partial charge in [0.2, 0.25) is 0 Å². The monoisotopic (exact) mass is 480 g/mol. The van der Waals surface area contributed by atoms with Gasteiger partial charge >= 0.3 is 0 Å². The molecule has 5 nitrogen and oxygen atoms in total. The summed E-state index contributed by atoms with van der Waals surface area (Å²) in [7, 11) is -3.25. The molecule has 166 valence electrons. The van der Waals surface area contributed by atoms with E-state index in [1.54, 1.807) is 30.3 Å². The van der Waals surface area contributed by atoms with Crippen LogP contribution in [0.3, 0.4) is 0 Å². The van der Waals surface area contributed by atoms with Gasteiger partial charge in [0.25, 0.3) is 0 Å². The Morgan fingerprint density at radius 1 is 0.968 bits per heavy atom. The van der Waals surface area contributed by atoms with Crippen molar-refractivity contribution >= 4 is 33.0 Å². The first-order valence-electron chi connectivity index (χ1n) is 10.7. The Bertz CT molecular complexity index is 1080. The van der Waals surface area contributed by atoms with Gasteiger partial charge in [0, 0.05) is 54.1 Å². The number of hydrogen-bond acceptors (Lipinski definition) is 5. The number of sulfone groups is 1. The van der Waals surface area contributed by atoms with Gasteiger partial charge in [-0.25, -0.2) is 8.42 Å². The van der Waals surface area contributed by atoms with E-state index in [9.17, 15) is 8.42 Å². The number of fused-ring (bicyclic) bond motifs is 1. The van der Waals surface area contributed by atoms with E-state index >= 15 is 0 Å². The molecule has 2 aromatic rings. The second-order valence-electron chi connectivity index (χ2n) is 8.81. The average molecular weight is 481 g/mol. The Labute approximate surface area is 193 Å². The molecule has 1 aliphatic heterocycles. The topological polar surface area (TPSA) is 49.9 Å². The fraction of sp³-hybridized carbons (Fsp3) is 0.478. The molecule has 0 spiro atoms. The van der Waals surface area contributed by atoms with E-state index in [-0.39, 0.29) is 17.0 Å². The molecule has 0 radical (unpaired) electrons. The van der Waals surface area contributed by atoms with Crippen LogP contribution in [0.2, 0.25) is 10.0 Å². The van der Waals surface area contributed by atoms with Crippen molar-refractivity contribution < 1.29 is 13.2 Å². The normalized spacial score (nSPS) is 24.9. The average Bonchev–Trinajstić information content (AvgIpc) is 3.51. The SMILES string of the molecule is CS(=O)(=O)c1ccc(O[C@H]2c3cc(Cl)cc(Cl)c3C[C@@H]2N2CCN(C3CC3)CC2)cc1. The molecule has 2 aliphatic carbocycles. The Kier molecular flexibility index (Phi) is 5.72. The van der Waals surface area contributed by atoms with E-state index < -0.39 is 9.84 Å². The summed E-state index contributed by atoms with van der Waals surface area (Å²) >= 11 is 12.9. The number of ether oxygens (including phenoxy) is 1. The lowest BCUT2D eigenvalue weighted by Crippen LogP contribution is -2.52. The Morgan fingerprint density at radius 3 is 2.23 bits per heavy atom. The van der Waals surface area contributed by atoms with E-state index in [1.165, 1.54) is 19.1 Å². The molecule has 2 fully saturated rings. The summed E-state index contributed by atoms with van der Waals surface area (Å²) < 4.78 is 30.0. The third kappa shape index (κ3) is 4.46. The van der Waals surface area contributed by atoms with Crippen LogP contribution in [-0.2, 0) is 16.3 Å². The summed E-state index contributed by atoms with van der Waals surface area (Å²) in [6.07, 6.45) is 4.48. The van der Waals surface area contributed by atoms with Crippen LogP contribution in [0.5, 0.6) is 5.75 Å². The van der Waals surface area contributed by atoms with Crippen molar-refractivity contribution in [2.75, 3.05) is 32.4 Å². The Balaban J connectivity index is 1.41. The zero-order chi connectivity index (χ0) is 21.8. The molecule has 1 saturated carbocycles. The molecule has 0 unspecified atom stereocenters. The highest BCUT2D eigenvalue weighted by Crippen LogP contribution is 2.43. The van der Waals surface area contributed by atoms with Crippen molar-refractivity contribution in [1.82, 2.24) is 9.80 Å². The summed E-state index contributed by atoms with van der Waals surface area (Å²) in [6.45, 7) is 4.18. The summed E-state index contributed by atoms with van der Waals surface area (Å²) in [5.41, 5.74) is 2.12. The van der Waals surface area contributed by atoms with Crippen LogP contribution in [0.25, 0.3) is 0 Å². The van der Waals surface area contributed by atoms with Gasteiger partial charge in [0.1, 0.15) is 11.9 Å². The maximum atomic E-state index is 11.8. The molecule has 2 atom stereocenters. The molecule has 0 aromatic heterocycles. The quantitative estimate of drug-likeness (QED) is 0.640. The smallest absolute Gasteiger partial charge is 0.175 e. The van der Waals surface area contributed by atoms with E-state index in [4.69, 9.17) is 27.9 Å². The molecule has 0 amide bonds. The van der Waals surface area contributed by atoms with Crippen LogP contribution in [0.15, 0.2) is 41.3 Å². The molecule has 1 heterocycles. The lowest BCUT2D eigenvalue weighted by molar-refractivity contribution is 0.0367. The molecular weight excluding hydrogens is 455 g/mol. The van der Waals surface area contributed by atoms with E-state index in [1.807, 2.05) is 6.07 Å². The van der Waals surface area contributed by atoms with Crippen LogP contribution in [0.1, 0.15) is 30.1 Å². The first kappa shape index (κ1) is 21.5. The van der Waals surface area contributed by atoms with E-state index in [0.29, 0.717) is 15.8 Å². The third-order valence-electron chi connectivity index (χ3n) is 6.66. The van der Waals surface area contributed by atoms with Crippen LogP contribution in [0.4, 0.5) is 0 Å². The number of piperazine rings is 1. The maximum absolute atomic E-state index is 11.8. The fourth-order valence-electron chi connectivity index (χ4n) is 4.86. The van der Waals surface area contributed by atoms with Crippen molar-refractivity contribution in [3.05, 3.63) is 57.6 Å². The highest BCUT2D eigenvalue weighted by Gasteiger charge is 2.41. The van der Waals surface area contributed by atoms with Crippen molar-refractivity contribution in [3.63, 3.8) is 0 Å². The number of rotatable bonds is 5. The van der Waals surface area contributed by atoms with Crippen LogP contribution < -0.4 is 4.74 Å². The molecule has 5 rings (SSSR count). The number of hydrogen-bond donors (Lipinski definition) is 0. The van der Waals surface area contributed by atoms with Gasteiger partial charge in [-0.05, 0) is 61.2 Å². The molecular formula is C23H26Cl2N2O3S. The number of benzene rings is 2. The van der Waals surface area contributed by atoms with Gasteiger partial charge in [-0.3, -0.25) is 9.80 Å². The Hall–Kier alpha value is -1.31. The second kappa shape index (κ2) is 8.23. The fourth-order valence-corrected chi connectivity index (χ4v) is 6.08. The van der Waals surface area contributed by atoms with Crippen LogP contribution in [-0.4, -0.2) is 62.7 Å². The van der Waals surface area contributed by atoms with E-state index in [2.05, 4.69) is 9.80 Å². The first-order chi connectivity index (χ1) is 14.8. The summed E-state index contributed by atoms with van der Waals surface area (Å²) in [4.78, 5) is 5.39. The van der Waals surface area contributed by atoms with Crippen LogP contribution >= 0.6 is 23.2 Å². The van der Waals surface area contributed by atoms with Crippen molar-refractivity contribution in [1.29, 1.82) is 0 Å². The molecule has 8 heteroatoms. The van der Waals surface area contributed by atoms with Gasteiger partial charge in [0.15, 0.2) is 9.84 Å².